The minimum absolute atomic E-state index is 0.0997. The number of amides is 1. The van der Waals surface area contributed by atoms with Gasteiger partial charge >= 0.3 is 0 Å². The van der Waals surface area contributed by atoms with Gasteiger partial charge in [0.15, 0.2) is 0 Å². The maximum atomic E-state index is 11.1. The van der Waals surface area contributed by atoms with Gasteiger partial charge in [0.05, 0.1) is 13.0 Å². The maximum absolute atomic E-state index is 11.1. The molecule has 0 aliphatic carbocycles. The predicted octanol–water partition coefficient (Wildman–Crippen LogP) is -1.01. The molecule has 0 aliphatic heterocycles. The lowest BCUT2D eigenvalue weighted by molar-refractivity contribution is -0.145. The Bertz CT molecular complexity index is 224. The molecule has 0 aliphatic rings. The zero-order valence-corrected chi connectivity index (χ0v) is 7.74. The van der Waals surface area contributed by atoms with Crippen molar-refractivity contribution in [3.8, 4) is 0 Å². The van der Waals surface area contributed by atoms with Gasteiger partial charge in [-0.3, -0.25) is 14.4 Å². The summed E-state index contributed by atoms with van der Waals surface area (Å²) in [6.45, 7) is 1.15. The van der Waals surface area contributed by atoms with Crippen LogP contribution >= 0.6 is 0 Å². The van der Waals surface area contributed by atoms with E-state index >= 15 is 0 Å². The van der Waals surface area contributed by atoms with Crippen LogP contribution in [-0.4, -0.2) is 47.7 Å². The van der Waals surface area contributed by atoms with E-state index in [2.05, 4.69) is 0 Å². The zero-order valence-electron chi connectivity index (χ0n) is 7.74. The lowest BCUT2D eigenvalue weighted by atomic mass is 10.2. The van der Waals surface area contributed by atoms with E-state index in [1.165, 1.54) is 14.0 Å². The second kappa shape index (κ2) is 5.42. The highest BCUT2D eigenvalue weighted by atomic mass is 16.3. The van der Waals surface area contributed by atoms with E-state index in [9.17, 15) is 14.4 Å². The highest BCUT2D eigenvalue weighted by molar-refractivity contribution is 6.39. The number of hydrogen-bond donors (Lipinski definition) is 1. The molecule has 0 atom stereocenters. The number of likely N-dealkylation sites (N-methyl/N-ethyl adjacent to an activating group) is 1. The molecule has 0 aromatic rings. The minimum atomic E-state index is -0.733. The number of carbonyl (C=O) groups excluding carboxylic acids is 3. The molecule has 0 rings (SSSR count). The predicted molar refractivity (Wildman–Crippen MR) is 45.0 cm³/mol. The first kappa shape index (κ1) is 11.8. The van der Waals surface area contributed by atoms with Crippen LogP contribution in [-0.2, 0) is 14.4 Å². The van der Waals surface area contributed by atoms with Crippen molar-refractivity contribution >= 4 is 17.5 Å². The van der Waals surface area contributed by atoms with Gasteiger partial charge in [0, 0.05) is 13.6 Å². The summed E-state index contributed by atoms with van der Waals surface area (Å²) < 4.78 is 0. The number of ketones is 2. The van der Waals surface area contributed by atoms with Crippen LogP contribution in [0.15, 0.2) is 0 Å². The number of carbonyl (C=O) groups is 3. The molecule has 0 saturated carbocycles. The average molecular weight is 187 g/mol. The van der Waals surface area contributed by atoms with Crippen LogP contribution in [0.5, 0.6) is 0 Å². The molecule has 0 spiro atoms. The molecule has 1 N–H and O–H groups in total. The number of Topliss-reactive ketones (excluding diaryl/α,β-unsaturated/α-hetero) is 2. The molecule has 0 aromatic carbocycles. The molecule has 5 heteroatoms. The highest BCUT2D eigenvalue weighted by Gasteiger charge is 2.18. The Morgan fingerprint density at radius 1 is 1.31 bits per heavy atom. The molecule has 0 saturated heterocycles. The van der Waals surface area contributed by atoms with Crippen molar-refractivity contribution in [2.75, 3.05) is 20.2 Å². The van der Waals surface area contributed by atoms with Crippen molar-refractivity contribution in [3.05, 3.63) is 0 Å². The molecule has 0 unspecified atom stereocenters. The summed E-state index contributed by atoms with van der Waals surface area (Å²) in [6, 6.07) is 0. The topological polar surface area (TPSA) is 74.7 Å². The molecule has 0 fully saturated rings. The third-order valence-electron chi connectivity index (χ3n) is 1.43. The number of aliphatic hydroxyl groups excluding tert-OH is 1. The Hall–Kier alpha value is -1.23. The molecule has 74 valence electrons. The van der Waals surface area contributed by atoms with Crippen LogP contribution in [0.3, 0.4) is 0 Å². The summed E-state index contributed by atoms with van der Waals surface area (Å²) in [7, 11) is 1.40. The first-order valence-electron chi connectivity index (χ1n) is 3.87. The Labute approximate surface area is 76.3 Å². The average Bonchev–Trinajstić information content (AvgIpc) is 2.02. The van der Waals surface area contributed by atoms with Crippen LogP contribution in [0.25, 0.3) is 0 Å². The van der Waals surface area contributed by atoms with E-state index < -0.39 is 11.7 Å². The maximum Gasteiger partial charge on any atom is 0.290 e. The third kappa shape index (κ3) is 4.37. The van der Waals surface area contributed by atoms with Gasteiger partial charge in [0.2, 0.25) is 5.78 Å². The Morgan fingerprint density at radius 3 is 2.23 bits per heavy atom. The van der Waals surface area contributed by atoms with Crippen molar-refractivity contribution in [1.29, 1.82) is 0 Å². The van der Waals surface area contributed by atoms with Crippen LogP contribution in [0.2, 0.25) is 0 Å². The number of aliphatic hydroxyl groups is 1. The van der Waals surface area contributed by atoms with Crippen LogP contribution in [0.4, 0.5) is 0 Å². The van der Waals surface area contributed by atoms with E-state index in [1.807, 2.05) is 0 Å². The summed E-state index contributed by atoms with van der Waals surface area (Å²) in [5, 5.41) is 8.48. The van der Waals surface area contributed by atoms with Gasteiger partial charge < -0.3 is 10.0 Å². The normalized spacial score (nSPS) is 9.46. The Morgan fingerprint density at radius 2 is 1.85 bits per heavy atom. The molecule has 0 heterocycles. The van der Waals surface area contributed by atoms with Gasteiger partial charge in [-0.1, -0.05) is 0 Å². The van der Waals surface area contributed by atoms with E-state index in [4.69, 9.17) is 5.11 Å². The van der Waals surface area contributed by atoms with E-state index in [1.54, 1.807) is 0 Å². The molecule has 0 radical (unpaired) electrons. The van der Waals surface area contributed by atoms with Gasteiger partial charge in [0.25, 0.3) is 5.91 Å². The number of rotatable bonds is 5. The van der Waals surface area contributed by atoms with Gasteiger partial charge in [0.1, 0.15) is 5.78 Å². The fourth-order valence-electron chi connectivity index (χ4n) is 0.766. The van der Waals surface area contributed by atoms with Crippen molar-refractivity contribution in [2.45, 2.75) is 13.3 Å². The molecule has 1 amide bonds. The SMILES string of the molecule is CC(=O)CC(=O)C(=O)N(C)CCO. The summed E-state index contributed by atoms with van der Waals surface area (Å²) >= 11 is 0. The Kier molecular flexibility index (Phi) is 4.91. The van der Waals surface area contributed by atoms with Crippen LogP contribution < -0.4 is 0 Å². The second-order valence-corrected chi connectivity index (χ2v) is 2.75. The smallest absolute Gasteiger partial charge is 0.290 e. The molecular weight excluding hydrogens is 174 g/mol. The minimum Gasteiger partial charge on any atom is -0.395 e. The lowest BCUT2D eigenvalue weighted by Gasteiger charge is -2.13. The van der Waals surface area contributed by atoms with Gasteiger partial charge in [-0.2, -0.15) is 0 Å². The van der Waals surface area contributed by atoms with Gasteiger partial charge in [-0.05, 0) is 6.92 Å². The zero-order chi connectivity index (χ0) is 10.4. The summed E-state index contributed by atoms with van der Waals surface area (Å²) in [5.74, 6) is -1.80. The van der Waals surface area contributed by atoms with E-state index in [-0.39, 0.29) is 25.4 Å². The van der Waals surface area contributed by atoms with Crippen molar-refractivity contribution in [3.63, 3.8) is 0 Å². The quantitative estimate of drug-likeness (QED) is 0.442. The van der Waals surface area contributed by atoms with E-state index in [0.29, 0.717) is 0 Å². The first-order chi connectivity index (χ1) is 5.99. The fourth-order valence-corrected chi connectivity index (χ4v) is 0.766. The second-order valence-electron chi connectivity index (χ2n) is 2.75. The standard InChI is InChI=1S/C8H13NO4/c1-6(11)5-7(12)8(13)9(2)3-4-10/h10H,3-5H2,1-2H3. The highest BCUT2D eigenvalue weighted by Crippen LogP contribution is 1.91. The van der Waals surface area contributed by atoms with Crippen LogP contribution in [0.1, 0.15) is 13.3 Å². The largest absolute Gasteiger partial charge is 0.395 e. The first-order valence-corrected chi connectivity index (χ1v) is 3.87. The Balaban J connectivity index is 4.09. The van der Waals surface area contributed by atoms with Crippen LogP contribution in [0, 0.1) is 0 Å². The van der Waals surface area contributed by atoms with Crippen molar-refractivity contribution < 1.29 is 19.5 Å². The number of hydrogen-bond acceptors (Lipinski definition) is 4. The fraction of sp³-hybridized carbons (Fsp3) is 0.625. The molecule has 13 heavy (non-hydrogen) atoms. The van der Waals surface area contributed by atoms with Gasteiger partial charge in [-0.25, -0.2) is 0 Å². The van der Waals surface area contributed by atoms with Crippen molar-refractivity contribution in [2.24, 2.45) is 0 Å². The molecule has 0 bridgehead atoms. The summed E-state index contributed by atoms with van der Waals surface area (Å²) in [6.07, 6.45) is -0.366. The van der Waals surface area contributed by atoms with Gasteiger partial charge in [-0.15, -0.1) is 0 Å². The monoisotopic (exact) mass is 187 g/mol. The summed E-state index contributed by atoms with van der Waals surface area (Å²) in [5.41, 5.74) is 0. The molecule has 0 aromatic heterocycles. The summed E-state index contributed by atoms with van der Waals surface area (Å²) in [4.78, 5) is 33.6. The lowest BCUT2D eigenvalue weighted by Crippen LogP contribution is -2.35. The van der Waals surface area contributed by atoms with E-state index in [0.717, 1.165) is 4.90 Å². The van der Waals surface area contributed by atoms with Crippen molar-refractivity contribution in [1.82, 2.24) is 4.90 Å². The third-order valence-corrected chi connectivity index (χ3v) is 1.43. The molecule has 5 nitrogen and oxygen atoms in total. The molecular formula is C8H13NO4. The number of nitrogens with zero attached hydrogens (tertiary/aromatic N) is 1.